The van der Waals surface area contributed by atoms with Gasteiger partial charge in [-0.25, -0.2) is 4.98 Å². The van der Waals surface area contributed by atoms with Crippen molar-refractivity contribution in [2.45, 2.75) is 39.5 Å². The molecule has 55 heavy (non-hydrogen) atoms. The van der Waals surface area contributed by atoms with Crippen LogP contribution in [0.15, 0.2) is 96.3 Å². The Kier molecular flexibility index (Phi) is 11.1. The molecule has 0 spiro atoms. The van der Waals surface area contributed by atoms with Gasteiger partial charge in [-0.3, -0.25) is 24.3 Å². The predicted octanol–water partition coefficient (Wildman–Crippen LogP) is 6.85. The van der Waals surface area contributed by atoms with Crippen LogP contribution in [0.3, 0.4) is 0 Å². The van der Waals surface area contributed by atoms with E-state index < -0.39 is 0 Å². The molecule has 7 rings (SSSR count). The van der Waals surface area contributed by atoms with Crippen molar-refractivity contribution in [3.63, 3.8) is 0 Å². The van der Waals surface area contributed by atoms with Crippen LogP contribution in [0.1, 0.15) is 66.0 Å². The highest BCUT2D eigenvalue weighted by Gasteiger charge is 2.42. The SMILES string of the molecule is CCCC1(CCO)CN(C/C(=C\C(C)=C/NC)C(=O)Nc2ccc(C(=O)N3CCc4cc(C(=O)c5nc6ccccc6n5C)sc4-c4ncccc43)cc2)C1.[HH]. The van der Waals surface area contributed by atoms with Crippen LogP contribution >= 0.6 is 11.3 Å². The topological polar surface area (TPSA) is 133 Å². The van der Waals surface area contributed by atoms with Crippen LogP contribution in [-0.4, -0.2) is 82.0 Å². The Hall–Kier alpha value is -5.43. The zero-order valence-corrected chi connectivity index (χ0v) is 32.6. The highest BCUT2D eigenvalue weighted by molar-refractivity contribution is 7.17. The minimum Gasteiger partial charge on any atom is -0.396 e. The third-order valence-corrected chi connectivity index (χ3v) is 11.7. The molecule has 3 aromatic heterocycles. The van der Waals surface area contributed by atoms with Crippen LogP contribution in [0.2, 0.25) is 0 Å². The Morgan fingerprint density at radius 3 is 2.56 bits per heavy atom. The Labute approximate surface area is 326 Å². The second-order valence-corrected chi connectivity index (χ2v) is 15.7. The highest BCUT2D eigenvalue weighted by atomic mass is 32.1. The summed E-state index contributed by atoms with van der Waals surface area (Å²) in [4.78, 5) is 56.3. The first-order chi connectivity index (χ1) is 26.6. The second kappa shape index (κ2) is 16.1. The summed E-state index contributed by atoms with van der Waals surface area (Å²) in [6.07, 6.45) is 8.90. The molecule has 0 bridgehead atoms. The van der Waals surface area contributed by atoms with Gasteiger partial charge in [0.1, 0.15) is 5.69 Å². The van der Waals surface area contributed by atoms with Crippen molar-refractivity contribution in [1.29, 1.82) is 0 Å². The number of hydrogen-bond acceptors (Lipinski definition) is 9. The number of allylic oxidation sites excluding steroid dienone is 2. The van der Waals surface area contributed by atoms with Gasteiger partial charge in [0.15, 0.2) is 5.82 Å². The maximum Gasteiger partial charge on any atom is 0.258 e. The maximum absolute atomic E-state index is 14.1. The molecule has 0 aliphatic carbocycles. The van der Waals surface area contributed by atoms with Crippen molar-refractivity contribution >= 4 is 51.3 Å². The van der Waals surface area contributed by atoms with Crippen LogP contribution in [0.5, 0.6) is 0 Å². The number of nitrogens with zero attached hydrogens (tertiary/aromatic N) is 5. The molecule has 1 saturated heterocycles. The Balaban J connectivity index is 0.00000532. The number of carbonyl (C=O) groups excluding carboxylic acids is 3. The van der Waals surface area contributed by atoms with Gasteiger partial charge < -0.3 is 25.2 Å². The fraction of sp³-hybridized carbons (Fsp3) is 0.326. The molecule has 2 aliphatic heterocycles. The fourth-order valence-electron chi connectivity index (χ4n) is 7.99. The molecule has 0 unspecified atom stereocenters. The number of likely N-dealkylation sites (tertiary alicyclic amines) is 1. The largest absolute Gasteiger partial charge is 0.396 e. The lowest BCUT2D eigenvalue weighted by Gasteiger charge is -2.50. The first kappa shape index (κ1) is 37.9. The van der Waals surface area contributed by atoms with Gasteiger partial charge >= 0.3 is 0 Å². The van der Waals surface area contributed by atoms with E-state index in [2.05, 4.69) is 27.4 Å². The Morgan fingerprint density at radius 2 is 1.84 bits per heavy atom. The van der Waals surface area contributed by atoms with E-state index in [9.17, 15) is 19.5 Å². The van der Waals surface area contributed by atoms with Crippen LogP contribution in [0.25, 0.3) is 21.6 Å². The predicted molar refractivity (Wildman–Crippen MR) is 221 cm³/mol. The normalized spacial score (nSPS) is 15.5. The van der Waals surface area contributed by atoms with E-state index in [4.69, 9.17) is 4.98 Å². The number of pyridine rings is 1. The van der Waals surface area contributed by atoms with E-state index in [1.807, 2.05) is 80.3 Å². The van der Waals surface area contributed by atoms with Crippen LogP contribution < -0.4 is 15.5 Å². The van der Waals surface area contributed by atoms with Gasteiger partial charge in [-0.2, -0.15) is 0 Å². The van der Waals surface area contributed by atoms with Gasteiger partial charge in [0.05, 0.1) is 26.5 Å². The number of rotatable bonds is 13. The lowest BCUT2D eigenvalue weighted by atomic mass is 9.73. The lowest BCUT2D eigenvalue weighted by Crippen LogP contribution is -2.57. The smallest absolute Gasteiger partial charge is 0.258 e. The molecule has 1 fully saturated rings. The number of aromatic nitrogens is 3. The molecule has 5 aromatic rings. The summed E-state index contributed by atoms with van der Waals surface area (Å²) >= 11 is 1.38. The molecule has 12 heteroatoms. The molecule has 11 nitrogen and oxygen atoms in total. The number of nitrogens with one attached hydrogen (secondary N) is 2. The molecular weight excluding hydrogens is 711 g/mol. The Morgan fingerprint density at radius 1 is 1.05 bits per heavy atom. The van der Waals surface area contributed by atoms with Gasteiger partial charge in [-0.15, -0.1) is 11.3 Å². The number of anilines is 2. The molecule has 2 amide bonds. The van der Waals surface area contributed by atoms with Crippen molar-refractivity contribution in [3.8, 4) is 10.6 Å². The number of ketones is 1. The molecule has 2 aromatic carbocycles. The lowest BCUT2D eigenvalue weighted by molar-refractivity contribution is -0.113. The number of para-hydroxylation sites is 2. The molecule has 2 aliphatic rings. The van der Waals surface area contributed by atoms with E-state index in [1.165, 1.54) is 11.3 Å². The van der Waals surface area contributed by atoms with Gasteiger partial charge in [-0.1, -0.05) is 25.5 Å². The van der Waals surface area contributed by atoms with Crippen molar-refractivity contribution in [2.24, 2.45) is 12.5 Å². The van der Waals surface area contributed by atoms with Crippen LogP contribution in [0, 0.1) is 5.41 Å². The number of thiophene rings is 1. The minimum absolute atomic E-state index is 0. The zero-order valence-electron chi connectivity index (χ0n) is 31.8. The third kappa shape index (κ3) is 7.75. The van der Waals surface area contributed by atoms with Gasteiger partial charge in [0.25, 0.3) is 11.8 Å². The van der Waals surface area contributed by atoms with Gasteiger partial charge in [0, 0.05) is 71.3 Å². The fourth-order valence-corrected chi connectivity index (χ4v) is 9.14. The maximum atomic E-state index is 14.1. The van der Waals surface area contributed by atoms with E-state index in [0.29, 0.717) is 58.4 Å². The number of aryl methyl sites for hydroxylation is 1. The zero-order chi connectivity index (χ0) is 38.7. The van der Waals surface area contributed by atoms with Crippen molar-refractivity contribution in [3.05, 3.63) is 118 Å². The molecule has 0 saturated carbocycles. The van der Waals surface area contributed by atoms with Crippen LogP contribution in [0.4, 0.5) is 11.4 Å². The van der Waals surface area contributed by atoms with Gasteiger partial charge in [-0.05, 0) is 110 Å². The minimum atomic E-state index is -0.203. The number of aliphatic hydroxyl groups is 1. The molecule has 286 valence electrons. The van der Waals surface area contributed by atoms with Crippen molar-refractivity contribution in [2.75, 3.05) is 50.1 Å². The number of imidazole rings is 1. The van der Waals surface area contributed by atoms with E-state index in [0.717, 1.165) is 59.4 Å². The first-order valence-electron chi connectivity index (χ1n) is 18.8. The van der Waals surface area contributed by atoms with Crippen molar-refractivity contribution in [1.82, 2.24) is 24.8 Å². The van der Waals surface area contributed by atoms with Gasteiger partial charge in [0.2, 0.25) is 5.78 Å². The summed E-state index contributed by atoms with van der Waals surface area (Å²) in [5.74, 6) is -0.144. The number of benzene rings is 2. The standard InChI is InChI=1S/C43H47N7O4S.H2/c1-5-17-43(18-21-51)26-49(27-43)25-31(22-28(2)24-44-3)41(53)46-32-14-12-29(13-15-32)42(54)50-20-16-30-23-36(55-39(30)37-35(50)11-8-19-45-37)38(52)40-47-33-9-6-7-10-34(33)48(40)4;/h6-15,19,22-24,44,51H,5,16-18,20-21,25-27H2,1-4H3,(H,46,53);1H/b28-24-,31-22+;. The number of hydrogen-bond donors (Lipinski definition) is 3. The monoisotopic (exact) mass is 759 g/mol. The molecule has 0 atom stereocenters. The average molecular weight is 760 g/mol. The summed E-state index contributed by atoms with van der Waals surface area (Å²) in [7, 11) is 3.68. The van der Waals surface area contributed by atoms with E-state index in [1.54, 1.807) is 35.4 Å². The average Bonchev–Trinajstić information content (AvgIpc) is 3.71. The molecule has 0 radical (unpaired) electrons. The molecular formula is C43H49N7O4S. The molecule has 3 N–H and O–H groups in total. The Bertz CT molecular complexity index is 2300. The number of amides is 2. The van der Waals surface area contributed by atoms with E-state index >= 15 is 0 Å². The summed E-state index contributed by atoms with van der Waals surface area (Å²) < 4.78 is 1.83. The summed E-state index contributed by atoms with van der Waals surface area (Å²) in [5, 5.41) is 15.7. The summed E-state index contributed by atoms with van der Waals surface area (Å²) in [5.41, 5.74) is 6.71. The highest BCUT2D eigenvalue weighted by Crippen LogP contribution is 2.41. The summed E-state index contributed by atoms with van der Waals surface area (Å²) in [6.45, 7) is 6.89. The quantitative estimate of drug-likeness (QED) is 0.0675. The van der Waals surface area contributed by atoms with E-state index in [-0.39, 0.29) is 31.0 Å². The van der Waals surface area contributed by atoms with Crippen LogP contribution in [-0.2, 0) is 18.3 Å². The number of carbonyl (C=O) groups is 3. The number of aliphatic hydroxyl groups excluding tert-OH is 1. The third-order valence-electron chi connectivity index (χ3n) is 10.6. The van der Waals surface area contributed by atoms with Crippen molar-refractivity contribution < 1.29 is 20.9 Å². The molecule has 5 heterocycles. The summed E-state index contributed by atoms with van der Waals surface area (Å²) in [6, 6.07) is 20.3. The second-order valence-electron chi connectivity index (χ2n) is 14.6. The number of fused-ring (bicyclic) bond motifs is 4. The first-order valence-corrected chi connectivity index (χ1v) is 19.6.